The Morgan fingerprint density at radius 3 is 2.82 bits per heavy atom. The summed E-state index contributed by atoms with van der Waals surface area (Å²) in [5.41, 5.74) is 10.4. The Balaban J connectivity index is 1.45. The number of benzene rings is 1. The van der Waals surface area contributed by atoms with E-state index in [9.17, 15) is 0 Å². The summed E-state index contributed by atoms with van der Waals surface area (Å²) >= 11 is 0. The molecule has 0 aliphatic heterocycles. The molecular weight excluding hydrogens is 274 g/mol. The number of fused-ring (bicyclic) bond motifs is 1. The number of ether oxygens (including phenoxy) is 1. The van der Waals surface area contributed by atoms with Crippen molar-refractivity contribution in [3.05, 3.63) is 29.3 Å². The molecule has 3 aliphatic rings. The minimum absolute atomic E-state index is 0.277. The number of hydrogen-bond acceptors (Lipinski definition) is 2. The van der Waals surface area contributed by atoms with Crippen molar-refractivity contribution < 1.29 is 4.74 Å². The third kappa shape index (κ3) is 2.12. The maximum atomic E-state index is 6.15. The number of nitrogens with one attached hydrogen (secondary N) is 1. The van der Waals surface area contributed by atoms with Crippen LogP contribution in [-0.2, 0) is 17.6 Å². The van der Waals surface area contributed by atoms with Crippen molar-refractivity contribution in [1.82, 2.24) is 0 Å². The minimum atomic E-state index is 0.277. The molecule has 22 heavy (non-hydrogen) atoms. The summed E-state index contributed by atoms with van der Waals surface area (Å²) in [4.78, 5) is 4.75. The number of anilines is 1. The van der Waals surface area contributed by atoms with E-state index in [0.29, 0.717) is 18.1 Å². The number of nitrogens with two attached hydrogens (primary N) is 1. The van der Waals surface area contributed by atoms with Gasteiger partial charge >= 0.3 is 0 Å². The molecule has 0 amide bonds. The van der Waals surface area contributed by atoms with Gasteiger partial charge in [0.15, 0.2) is 5.96 Å². The van der Waals surface area contributed by atoms with Crippen LogP contribution in [0.2, 0.25) is 0 Å². The first-order valence-corrected chi connectivity index (χ1v) is 8.46. The van der Waals surface area contributed by atoms with Gasteiger partial charge in [-0.1, -0.05) is 12.5 Å². The second kappa shape index (κ2) is 5.27. The van der Waals surface area contributed by atoms with Crippen LogP contribution in [0, 0.1) is 5.41 Å². The van der Waals surface area contributed by atoms with E-state index in [1.807, 2.05) is 7.11 Å². The Kier molecular flexibility index (Phi) is 3.37. The van der Waals surface area contributed by atoms with Crippen molar-refractivity contribution >= 4 is 11.6 Å². The number of nitrogens with zero attached hydrogens (tertiary/aromatic N) is 1. The molecule has 2 saturated carbocycles. The van der Waals surface area contributed by atoms with Gasteiger partial charge in [0.05, 0.1) is 12.1 Å². The lowest BCUT2D eigenvalue weighted by atomic mass is 9.51. The van der Waals surface area contributed by atoms with Crippen LogP contribution in [0.1, 0.15) is 43.2 Å². The van der Waals surface area contributed by atoms with Crippen molar-refractivity contribution in [1.29, 1.82) is 0 Å². The molecule has 4 rings (SSSR count). The van der Waals surface area contributed by atoms with Crippen LogP contribution >= 0.6 is 0 Å². The number of methoxy groups -OCH3 is 1. The molecule has 0 bridgehead atoms. The molecule has 0 saturated heterocycles. The molecule has 0 radical (unpaired) electrons. The predicted molar refractivity (Wildman–Crippen MR) is 89.2 cm³/mol. The zero-order chi connectivity index (χ0) is 15.2. The van der Waals surface area contributed by atoms with Crippen LogP contribution < -0.4 is 11.1 Å². The summed E-state index contributed by atoms with van der Waals surface area (Å²) < 4.78 is 5.59. The van der Waals surface area contributed by atoms with Crippen LogP contribution in [0.3, 0.4) is 0 Å². The summed E-state index contributed by atoms with van der Waals surface area (Å²) in [7, 11) is 1.82. The second-order valence-electron chi connectivity index (χ2n) is 7.04. The van der Waals surface area contributed by atoms with Gasteiger partial charge in [0.25, 0.3) is 0 Å². The fraction of sp³-hybridized carbons (Fsp3) is 0.611. The van der Waals surface area contributed by atoms with E-state index in [4.69, 9.17) is 15.5 Å². The Bertz CT molecular complexity index is 606. The van der Waals surface area contributed by atoms with Crippen molar-refractivity contribution in [3.8, 4) is 0 Å². The lowest BCUT2D eigenvalue weighted by Gasteiger charge is -2.59. The molecule has 1 aromatic rings. The molecule has 0 aromatic heterocycles. The summed E-state index contributed by atoms with van der Waals surface area (Å²) in [6, 6.07) is 6.89. The molecule has 4 nitrogen and oxygen atoms in total. The number of hydrogen-bond donors (Lipinski definition) is 2. The van der Waals surface area contributed by atoms with Crippen LogP contribution in [0.25, 0.3) is 0 Å². The summed E-state index contributed by atoms with van der Waals surface area (Å²) in [5.74, 6) is 0.545. The standard InChI is InChI=1S/C18H25N3O/c1-22-16-11-15(18(16)8-3-9-18)21-17(19)20-14-7-6-12-4-2-5-13(12)10-14/h6-7,10,15-16H,2-5,8-9,11H2,1H3,(H3,19,20,21). The lowest BCUT2D eigenvalue weighted by molar-refractivity contribution is -0.150. The average molecular weight is 299 g/mol. The van der Waals surface area contributed by atoms with Crippen LogP contribution in [-0.4, -0.2) is 25.2 Å². The van der Waals surface area contributed by atoms with E-state index in [2.05, 4.69) is 23.5 Å². The van der Waals surface area contributed by atoms with Crippen molar-refractivity contribution in [2.75, 3.05) is 12.4 Å². The molecule has 2 atom stereocenters. The SMILES string of the molecule is COC1CC(N=C(N)Nc2ccc3c(c2)CCC3)C12CCC2. The van der Waals surface area contributed by atoms with E-state index in [1.165, 1.54) is 49.7 Å². The molecule has 118 valence electrons. The van der Waals surface area contributed by atoms with E-state index in [1.54, 1.807) is 0 Å². The molecular formula is C18H25N3O. The van der Waals surface area contributed by atoms with E-state index in [0.717, 1.165) is 12.1 Å². The lowest BCUT2D eigenvalue weighted by Crippen LogP contribution is -2.61. The first-order chi connectivity index (χ1) is 10.7. The second-order valence-corrected chi connectivity index (χ2v) is 7.04. The average Bonchev–Trinajstić information content (AvgIpc) is 2.88. The van der Waals surface area contributed by atoms with Crippen LogP contribution in [0.5, 0.6) is 0 Å². The Morgan fingerprint density at radius 2 is 2.09 bits per heavy atom. The third-order valence-electron chi connectivity index (χ3n) is 5.98. The van der Waals surface area contributed by atoms with Gasteiger partial charge in [-0.3, -0.25) is 0 Å². The highest BCUT2D eigenvalue weighted by Crippen LogP contribution is 2.58. The molecule has 1 aromatic carbocycles. The zero-order valence-corrected chi connectivity index (χ0v) is 13.3. The van der Waals surface area contributed by atoms with E-state index in [-0.39, 0.29) is 5.41 Å². The van der Waals surface area contributed by atoms with Crippen LogP contribution in [0.15, 0.2) is 23.2 Å². The number of guanidine groups is 1. The van der Waals surface area contributed by atoms with Gasteiger partial charge in [0.1, 0.15) is 0 Å². The van der Waals surface area contributed by atoms with Gasteiger partial charge in [-0.15, -0.1) is 0 Å². The van der Waals surface area contributed by atoms with Crippen molar-refractivity contribution in [3.63, 3.8) is 0 Å². The maximum absolute atomic E-state index is 6.15. The number of rotatable bonds is 3. The normalized spacial score (nSPS) is 28.9. The summed E-state index contributed by atoms with van der Waals surface area (Å²) in [5, 5.41) is 3.28. The number of aliphatic imine (C=N–C) groups is 1. The number of aryl methyl sites for hydroxylation is 2. The van der Waals surface area contributed by atoms with Gasteiger partial charge in [0, 0.05) is 18.2 Å². The van der Waals surface area contributed by atoms with Crippen LogP contribution in [0.4, 0.5) is 5.69 Å². The third-order valence-corrected chi connectivity index (χ3v) is 5.98. The van der Waals surface area contributed by atoms with E-state index >= 15 is 0 Å². The first kappa shape index (κ1) is 14.1. The van der Waals surface area contributed by atoms with E-state index < -0.39 is 0 Å². The summed E-state index contributed by atoms with van der Waals surface area (Å²) in [6.07, 6.45) is 8.80. The van der Waals surface area contributed by atoms with Gasteiger partial charge in [-0.2, -0.15) is 0 Å². The fourth-order valence-corrected chi connectivity index (χ4v) is 4.48. The fourth-order valence-electron chi connectivity index (χ4n) is 4.48. The van der Waals surface area contributed by atoms with Gasteiger partial charge in [0.2, 0.25) is 0 Å². The molecule has 2 unspecified atom stereocenters. The monoisotopic (exact) mass is 299 g/mol. The highest BCUT2D eigenvalue weighted by Gasteiger charge is 2.58. The van der Waals surface area contributed by atoms with Crippen molar-refractivity contribution in [2.45, 2.75) is 57.1 Å². The molecule has 2 fully saturated rings. The van der Waals surface area contributed by atoms with Crippen molar-refractivity contribution in [2.24, 2.45) is 16.1 Å². The molecule has 3 N–H and O–H groups in total. The first-order valence-electron chi connectivity index (χ1n) is 8.46. The molecule has 1 spiro atoms. The Morgan fingerprint density at radius 1 is 1.27 bits per heavy atom. The van der Waals surface area contributed by atoms with Gasteiger partial charge in [-0.25, -0.2) is 4.99 Å². The van der Waals surface area contributed by atoms with Gasteiger partial charge < -0.3 is 15.8 Å². The highest BCUT2D eigenvalue weighted by molar-refractivity contribution is 5.92. The largest absolute Gasteiger partial charge is 0.381 e. The smallest absolute Gasteiger partial charge is 0.193 e. The topological polar surface area (TPSA) is 59.6 Å². The molecule has 4 heteroatoms. The zero-order valence-electron chi connectivity index (χ0n) is 13.3. The molecule has 3 aliphatic carbocycles. The predicted octanol–water partition coefficient (Wildman–Crippen LogP) is 2.86. The van der Waals surface area contributed by atoms with Gasteiger partial charge in [-0.05, 0) is 61.8 Å². The Labute approximate surface area is 132 Å². The Hall–Kier alpha value is -1.55. The highest BCUT2D eigenvalue weighted by atomic mass is 16.5. The minimum Gasteiger partial charge on any atom is -0.381 e. The maximum Gasteiger partial charge on any atom is 0.193 e. The summed E-state index contributed by atoms with van der Waals surface area (Å²) in [6.45, 7) is 0. The quantitative estimate of drug-likeness (QED) is 0.666. The molecule has 0 heterocycles.